The van der Waals surface area contributed by atoms with E-state index in [9.17, 15) is 13.2 Å². The maximum atomic E-state index is 12.5. The fourth-order valence-corrected chi connectivity index (χ4v) is 4.74. The Morgan fingerprint density at radius 3 is 2.31 bits per heavy atom. The van der Waals surface area contributed by atoms with Crippen molar-refractivity contribution >= 4 is 44.8 Å². The lowest BCUT2D eigenvalue weighted by molar-refractivity contribution is 0.0938. The summed E-state index contributed by atoms with van der Waals surface area (Å²) in [5.74, 6) is -0.149. The first-order valence-electron chi connectivity index (χ1n) is 8.24. The van der Waals surface area contributed by atoms with Crippen LogP contribution in [0.3, 0.4) is 0 Å². The Balaban J connectivity index is 1.72. The molecule has 1 fully saturated rings. The van der Waals surface area contributed by atoms with Crippen LogP contribution in [0.2, 0.25) is 10.0 Å². The summed E-state index contributed by atoms with van der Waals surface area (Å²) in [6.45, 7) is 0. The van der Waals surface area contributed by atoms with Gasteiger partial charge in [0.25, 0.3) is 15.9 Å². The van der Waals surface area contributed by atoms with Crippen molar-refractivity contribution in [1.82, 2.24) is 5.32 Å². The van der Waals surface area contributed by atoms with Gasteiger partial charge in [-0.3, -0.25) is 9.52 Å². The molecule has 3 rings (SSSR count). The lowest BCUT2D eigenvalue weighted by atomic mass is 10.1. The summed E-state index contributed by atoms with van der Waals surface area (Å²) in [4.78, 5) is 12.1. The Hall–Kier alpha value is -1.76. The van der Waals surface area contributed by atoms with Crippen molar-refractivity contribution in [3.8, 4) is 0 Å². The van der Waals surface area contributed by atoms with E-state index in [1.54, 1.807) is 24.3 Å². The van der Waals surface area contributed by atoms with Crippen molar-refractivity contribution in [2.75, 3.05) is 4.72 Å². The van der Waals surface area contributed by atoms with Crippen LogP contribution >= 0.6 is 23.2 Å². The van der Waals surface area contributed by atoms with Crippen LogP contribution in [0.1, 0.15) is 36.0 Å². The highest BCUT2D eigenvalue weighted by Crippen LogP contribution is 2.27. The summed E-state index contributed by atoms with van der Waals surface area (Å²) in [5, 5.41) is 3.34. The van der Waals surface area contributed by atoms with E-state index < -0.39 is 10.0 Å². The maximum Gasteiger partial charge on any atom is 0.263 e. The van der Waals surface area contributed by atoms with Crippen molar-refractivity contribution in [2.45, 2.75) is 36.6 Å². The van der Waals surface area contributed by atoms with E-state index in [2.05, 4.69) is 10.0 Å². The molecule has 0 unspecified atom stereocenters. The molecule has 0 saturated heterocycles. The molecule has 0 spiro atoms. The summed E-state index contributed by atoms with van der Waals surface area (Å²) in [7, 11) is -3.89. The maximum absolute atomic E-state index is 12.5. The van der Waals surface area contributed by atoms with Gasteiger partial charge in [0.2, 0.25) is 0 Å². The topological polar surface area (TPSA) is 75.3 Å². The predicted molar refractivity (Wildman–Crippen MR) is 103 cm³/mol. The zero-order valence-electron chi connectivity index (χ0n) is 13.8. The number of carbonyl (C=O) groups is 1. The highest BCUT2D eigenvalue weighted by atomic mass is 35.5. The number of hydrogen-bond acceptors (Lipinski definition) is 3. The van der Waals surface area contributed by atoms with Gasteiger partial charge in [-0.15, -0.1) is 0 Å². The van der Waals surface area contributed by atoms with E-state index in [1.165, 1.54) is 18.2 Å². The number of hydrogen-bond donors (Lipinski definition) is 2. The minimum atomic E-state index is -3.89. The molecule has 138 valence electrons. The molecule has 2 aromatic rings. The molecule has 0 aliphatic heterocycles. The molecule has 1 aliphatic carbocycles. The Labute approximate surface area is 162 Å². The summed E-state index contributed by atoms with van der Waals surface area (Å²) < 4.78 is 27.4. The molecule has 1 saturated carbocycles. The summed E-state index contributed by atoms with van der Waals surface area (Å²) in [6.07, 6.45) is 4.28. The Morgan fingerprint density at radius 2 is 1.65 bits per heavy atom. The summed E-state index contributed by atoms with van der Waals surface area (Å²) in [6, 6.07) is 10.7. The van der Waals surface area contributed by atoms with Gasteiger partial charge in [-0.25, -0.2) is 8.42 Å². The average molecular weight is 413 g/mol. The van der Waals surface area contributed by atoms with E-state index in [0.29, 0.717) is 11.3 Å². The van der Waals surface area contributed by atoms with Gasteiger partial charge in [0, 0.05) is 22.3 Å². The lowest BCUT2D eigenvalue weighted by Crippen LogP contribution is -2.32. The van der Waals surface area contributed by atoms with E-state index in [0.717, 1.165) is 25.7 Å². The van der Waals surface area contributed by atoms with E-state index in [-0.39, 0.29) is 26.9 Å². The fourth-order valence-electron chi connectivity index (χ4n) is 2.92. The van der Waals surface area contributed by atoms with Crippen molar-refractivity contribution < 1.29 is 13.2 Å². The third-order valence-corrected chi connectivity index (χ3v) is 6.37. The minimum absolute atomic E-state index is 0.0782. The van der Waals surface area contributed by atoms with Gasteiger partial charge in [0.05, 0.1) is 5.02 Å². The fraction of sp³-hybridized carbons (Fsp3) is 0.278. The molecule has 1 amide bonds. The van der Waals surface area contributed by atoms with Crippen LogP contribution in [0, 0.1) is 0 Å². The highest BCUT2D eigenvalue weighted by molar-refractivity contribution is 7.92. The normalized spacial score (nSPS) is 15.0. The second-order valence-corrected chi connectivity index (χ2v) is 8.71. The van der Waals surface area contributed by atoms with Crippen LogP contribution in [0.5, 0.6) is 0 Å². The Morgan fingerprint density at radius 1 is 1.00 bits per heavy atom. The number of amides is 1. The number of rotatable bonds is 5. The zero-order valence-corrected chi connectivity index (χ0v) is 16.2. The second kappa shape index (κ2) is 7.86. The number of anilines is 1. The molecule has 0 radical (unpaired) electrons. The molecule has 5 nitrogen and oxygen atoms in total. The number of halogens is 2. The SMILES string of the molecule is O=C(NC1CCCC1)c1ccc(NS(=O)(=O)c2cc(Cl)ccc2Cl)cc1. The van der Waals surface area contributed by atoms with Crippen molar-refractivity contribution in [3.05, 3.63) is 58.1 Å². The minimum Gasteiger partial charge on any atom is -0.349 e. The Kier molecular flexibility index (Phi) is 5.75. The molecule has 1 aliphatic rings. The lowest BCUT2D eigenvalue weighted by Gasteiger charge is -2.13. The first-order valence-corrected chi connectivity index (χ1v) is 10.5. The summed E-state index contributed by atoms with van der Waals surface area (Å²) in [5.41, 5.74) is 0.819. The standard InChI is InChI=1S/C18H18Cl2N2O3S/c19-13-7-10-16(20)17(11-13)26(24,25)22-15-8-5-12(6-9-15)18(23)21-14-3-1-2-4-14/h5-11,14,22H,1-4H2,(H,21,23). The average Bonchev–Trinajstić information content (AvgIpc) is 3.10. The van der Waals surface area contributed by atoms with Crippen LogP contribution in [0.15, 0.2) is 47.4 Å². The van der Waals surface area contributed by atoms with Crippen LogP contribution in [-0.2, 0) is 10.0 Å². The number of benzene rings is 2. The molecule has 2 N–H and O–H groups in total. The number of sulfonamides is 1. The smallest absolute Gasteiger partial charge is 0.263 e. The number of nitrogens with one attached hydrogen (secondary N) is 2. The largest absolute Gasteiger partial charge is 0.349 e. The van der Waals surface area contributed by atoms with Gasteiger partial charge in [-0.05, 0) is 55.3 Å². The van der Waals surface area contributed by atoms with Gasteiger partial charge in [0.15, 0.2) is 0 Å². The molecular formula is C18H18Cl2N2O3S. The first-order chi connectivity index (χ1) is 12.3. The van der Waals surface area contributed by atoms with E-state index in [4.69, 9.17) is 23.2 Å². The molecular weight excluding hydrogens is 395 g/mol. The zero-order chi connectivity index (χ0) is 18.7. The van der Waals surface area contributed by atoms with Crippen molar-refractivity contribution in [3.63, 3.8) is 0 Å². The summed E-state index contributed by atoms with van der Waals surface area (Å²) >= 11 is 11.8. The van der Waals surface area contributed by atoms with Crippen LogP contribution in [0.4, 0.5) is 5.69 Å². The third-order valence-electron chi connectivity index (χ3n) is 4.27. The van der Waals surface area contributed by atoms with E-state index in [1.807, 2.05) is 0 Å². The molecule has 0 bridgehead atoms. The van der Waals surface area contributed by atoms with E-state index >= 15 is 0 Å². The molecule has 26 heavy (non-hydrogen) atoms. The van der Waals surface area contributed by atoms with Gasteiger partial charge in [-0.1, -0.05) is 36.0 Å². The van der Waals surface area contributed by atoms with Gasteiger partial charge in [-0.2, -0.15) is 0 Å². The quantitative estimate of drug-likeness (QED) is 0.760. The number of carbonyl (C=O) groups excluding carboxylic acids is 1. The molecule has 0 aromatic heterocycles. The first kappa shape index (κ1) is 19.0. The highest BCUT2D eigenvalue weighted by Gasteiger charge is 2.20. The van der Waals surface area contributed by atoms with Gasteiger partial charge in [0.1, 0.15) is 4.90 Å². The second-order valence-electron chi connectivity index (χ2n) is 6.21. The van der Waals surface area contributed by atoms with Crippen LogP contribution in [-0.4, -0.2) is 20.4 Å². The molecule has 0 atom stereocenters. The van der Waals surface area contributed by atoms with Crippen molar-refractivity contribution in [2.24, 2.45) is 0 Å². The third kappa shape index (κ3) is 4.50. The van der Waals surface area contributed by atoms with Crippen LogP contribution < -0.4 is 10.0 Å². The predicted octanol–water partition coefficient (Wildman–Crippen LogP) is 4.47. The molecule has 8 heteroatoms. The van der Waals surface area contributed by atoms with Crippen LogP contribution in [0.25, 0.3) is 0 Å². The Bertz CT molecular complexity index is 909. The van der Waals surface area contributed by atoms with Gasteiger partial charge >= 0.3 is 0 Å². The van der Waals surface area contributed by atoms with Gasteiger partial charge < -0.3 is 5.32 Å². The molecule has 2 aromatic carbocycles. The molecule has 0 heterocycles. The monoisotopic (exact) mass is 412 g/mol. The van der Waals surface area contributed by atoms with Crippen molar-refractivity contribution in [1.29, 1.82) is 0 Å².